The summed E-state index contributed by atoms with van der Waals surface area (Å²) in [4.78, 5) is 14.0. The SMILES string of the molecule is CCCOC1CCCN(C(=O)c2cc(F)ccc2O)C1. The molecule has 1 N–H and O–H groups in total. The average Bonchev–Trinajstić information content (AvgIpc) is 2.47. The second kappa shape index (κ2) is 6.70. The number of phenolic OH excluding ortho intramolecular Hbond substituents is 1. The first kappa shape index (κ1) is 14.8. The van der Waals surface area contributed by atoms with Crippen LogP contribution in [0.15, 0.2) is 18.2 Å². The smallest absolute Gasteiger partial charge is 0.257 e. The molecule has 1 saturated heterocycles. The molecule has 2 rings (SSSR count). The molecule has 110 valence electrons. The number of hydrogen-bond acceptors (Lipinski definition) is 3. The third-order valence-corrected chi connectivity index (χ3v) is 3.41. The highest BCUT2D eigenvalue weighted by Gasteiger charge is 2.26. The molecule has 0 aromatic heterocycles. The van der Waals surface area contributed by atoms with Crippen molar-refractivity contribution >= 4 is 5.91 Å². The molecule has 1 amide bonds. The number of nitrogens with zero attached hydrogens (tertiary/aromatic N) is 1. The van der Waals surface area contributed by atoms with Gasteiger partial charge in [0.05, 0.1) is 11.7 Å². The lowest BCUT2D eigenvalue weighted by Gasteiger charge is -2.32. The number of carbonyl (C=O) groups is 1. The van der Waals surface area contributed by atoms with Crippen LogP contribution in [0, 0.1) is 5.82 Å². The molecule has 4 nitrogen and oxygen atoms in total. The number of benzene rings is 1. The lowest BCUT2D eigenvalue weighted by atomic mass is 10.1. The number of likely N-dealkylation sites (tertiary alicyclic amines) is 1. The molecule has 0 aliphatic carbocycles. The first-order valence-corrected chi connectivity index (χ1v) is 7.01. The minimum Gasteiger partial charge on any atom is -0.507 e. The summed E-state index contributed by atoms with van der Waals surface area (Å²) < 4.78 is 18.9. The molecule has 0 saturated carbocycles. The van der Waals surface area contributed by atoms with Crippen molar-refractivity contribution in [2.75, 3.05) is 19.7 Å². The number of ether oxygens (including phenoxy) is 1. The van der Waals surface area contributed by atoms with Crippen LogP contribution in [-0.2, 0) is 4.74 Å². The summed E-state index contributed by atoms with van der Waals surface area (Å²) in [5.41, 5.74) is 0.0149. The van der Waals surface area contributed by atoms with Gasteiger partial charge in [0.2, 0.25) is 0 Å². The van der Waals surface area contributed by atoms with Crippen LogP contribution in [0.4, 0.5) is 4.39 Å². The zero-order valence-electron chi connectivity index (χ0n) is 11.6. The van der Waals surface area contributed by atoms with Crippen LogP contribution in [-0.4, -0.2) is 41.7 Å². The third kappa shape index (κ3) is 3.48. The van der Waals surface area contributed by atoms with E-state index < -0.39 is 5.82 Å². The van der Waals surface area contributed by atoms with Gasteiger partial charge in [-0.1, -0.05) is 6.92 Å². The molecular formula is C15H20FNO3. The topological polar surface area (TPSA) is 49.8 Å². The predicted octanol–water partition coefficient (Wildman–Crippen LogP) is 2.56. The van der Waals surface area contributed by atoms with Crippen molar-refractivity contribution in [1.29, 1.82) is 0 Å². The van der Waals surface area contributed by atoms with E-state index in [1.807, 2.05) is 6.92 Å². The minimum atomic E-state index is -0.526. The van der Waals surface area contributed by atoms with Crippen molar-refractivity contribution in [3.8, 4) is 5.75 Å². The van der Waals surface area contributed by atoms with Gasteiger partial charge < -0.3 is 14.7 Å². The predicted molar refractivity (Wildman–Crippen MR) is 73.2 cm³/mol. The van der Waals surface area contributed by atoms with Crippen molar-refractivity contribution in [2.24, 2.45) is 0 Å². The number of halogens is 1. The van der Waals surface area contributed by atoms with Crippen LogP contribution in [0.5, 0.6) is 5.75 Å². The molecule has 1 aromatic carbocycles. The fourth-order valence-electron chi connectivity index (χ4n) is 2.39. The quantitative estimate of drug-likeness (QED) is 0.922. The van der Waals surface area contributed by atoms with Gasteiger partial charge in [-0.15, -0.1) is 0 Å². The highest BCUT2D eigenvalue weighted by molar-refractivity contribution is 5.96. The molecule has 1 aliphatic rings. The second-order valence-corrected chi connectivity index (χ2v) is 5.05. The fraction of sp³-hybridized carbons (Fsp3) is 0.533. The fourth-order valence-corrected chi connectivity index (χ4v) is 2.39. The molecule has 1 atom stereocenters. The van der Waals surface area contributed by atoms with Gasteiger partial charge in [0.15, 0.2) is 0 Å². The maximum Gasteiger partial charge on any atom is 0.257 e. The van der Waals surface area contributed by atoms with Crippen LogP contribution in [0.25, 0.3) is 0 Å². The molecule has 0 spiro atoms. The number of phenols is 1. The van der Waals surface area contributed by atoms with Gasteiger partial charge in [0.25, 0.3) is 5.91 Å². The van der Waals surface area contributed by atoms with Crippen LogP contribution >= 0.6 is 0 Å². The Balaban J connectivity index is 2.06. The number of aromatic hydroxyl groups is 1. The van der Waals surface area contributed by atoms with Gasteiger partial charge in [0, 0.05) is 19.7 Å². The van der Waals surface area contributed by atoms with Crippen molar-refractivity contribution in [3.05, 3.63) is 29.6 Å². The molecule has 1 fully saturated rings. The molecule has 1 aliphatic heterocycles. The number of piperidine rings is 1. The molecule has 1 heterocycles. The van der Waals surface area contributed by atoms with Gasteiger partial charge in [0.1, 0.15) is 11.6 Å². The number of rotatable bonds is 4. The van der Waals surface area contributed by atoms with Gasteiger partial charge in [-0.05, 0) is 37.5 Å². The van der Waals surface area contributed by atoms with Crippen LogP contribution < -0.4 is 0 Å². The Bertz CT molecular complexity index is 478. The van der Waals surface area contributed by atoms with Gasteiger partial charge in [-0.2, -0.15) is 0 Å². The summed E-state index contributed by atoms with van der Waals surface area (Å²) in [6.45, 7) is 3.82. The summed E-state index contributed by atoms with van der Waals surface area (Å²) in [5.74, 6) is -1.05. The Hall–Kier alpha value is -1.62. The lowest BCUT2D eigenvalue weighted by molar-refractivity contribution is 0.00201. The van der Waals surface area contributed by atoms with E-state index in [4.69, 9.17) is 4.74 Å². The standard InChI is InChI=1S/C15H20FNO3/c1-2-8-20-12-4-3-7-17(10-12)15(19)13-9-11(16)5-6-14(13)18/h5-6,9,12,18H,2-4,7-8,10H2,1H3. The van der Waals surface area contributed by atoms with E-state index in [9.17, 15) is 14.3 Å². The summed E-state index contributed by atoms with van der Waals surface area (Å²) in [6, 6.07) is 3.42. The zero-order chi connectivity index (χ0) is 14.5. The molecule has 0 bridgehead atoms. The molecule has 20 heavy (non-hydrogen) atoms. The highest BCUT2D eigenvalue weighted by atomic mass is 19.1. The van der Waals surface area contributed by atoms with Gasteiger partial charge in [-0.3, -0.25) is 4.79 Å². The van der Waals surface area contributed by atoms with Crippen LogP contribution in [0.1, 0.15) is 36.5 Å². The first-order valence-electron chi connectivity index (χ1n) is 7.01. The Kier molecular flexibility index (Phi) is 4.95. The van der Waals surface area contributed by atoms with E-state index in [-0.39, 0.29) is 23.3 Å². The third-order valence-electron chi connectivity index (χ3n) is 3.41. The molecule has 1 unspecified atom stereocenters. The Morgan fingerprint density at radius 2 is 2.35 bits per heavy atom. The van der Waals surface area contributed by atoms with Gasteiger partial charge >= 0.3 is 0 Å². The summed E-state index contributed by atoms with van der Waals surface area (Å²) in [5, 5.41) is 9.70. The highest BCUT2D eigenvalue weighted by Crippen LogP contribution is 2.22. The van der Waals surface area contributed by atoms with E-state index in [0.717, 1.165) is 31.4 Å². The van der Waals surface area contributed by atoms with E-state index in [1.165, 1.54) is 6.07 Å². The monoisotopic (exact) mass is 281 g/mol. The van der Waals surface area contributed by atoms with Gasteiger partial charge in [-0.25, -0.2) is 4.39 Å². The Morgan fingerprint density at radius 1 is 1.55 bits per heavy atom. The molecule has 5 heteroatoms. The second-order valence-electron chi connectivity index (χ2n) is 5.05. The van der Waals surface area contributed by atoms with E-state index in [2.05, 4.69) is 0 Å². The molecular weight excluding hydrogens is 261 g/mol. The maximum absolute atomic E-state index is 13.2. The van der Waals surface area contributed by atoms with Crippen LogP contribution in [0.3, 0.4) is 0 Å². The van der Waals surface area contributed by atoms with E-state index >= 15 is 0 Å². The first-order chi connectivity index (χ1) is 9.61. The van der Waals surface area contributed by atoms with E-state index in [0.29, 0.717) is 19.7 Å². The van der Waals surface area contributed by atoms with Crippen molar-refractivity contribution in [1.82, 2.24) is 4.90 Å². The van der Waals surface area contributed by atoms with Crippen LogP contribution in [0.2, 0.25) is 0 Å². The zero-order valence-corrected chi connectivity index (χ0v) is 11.6. The number of amides is 1. The van der Waals surface area contributed by atoms with Crippen molar-refractivity contribution in [2.45, 2.75) is 32.3 Å². The largest absolute Gasteiger partial charge is 0.507 e. The van der Waals surface area contributed by atoms with Crippen molar-refractivity contribution < 1.29 is 19.0 Å². The Morgan fingerprint density at radius 3 is 3.10 bits per heavy atom. The van der Waals surface area contributed by atoms with Crippen molar-refractivity contribution in [3.63, 3.8) is 0 Å². The molecule has 0 radical (unpaired) electrons. The maximum atomic E-state index is 13.2. The van der Waals surface area contributed by atoms with E-state index in [1.54, 1.807) is 4.90 Å². The Labute approximate surface area is 118 Å². The number of carbonyl (C=O) groups excluding carboxylic acids is 1. The minimum absolute atomic E-state index is 0.0149. The molecule has 1 aromatic rings. The lowest BCUT2D eigenvalue weighted by Crippen LogP contribution is -2.43. The average molecular weight is 281 g/mol. The summed E-state index contributed by atoms with van der Waals surface area (Å²) >= 11 is 0. The summed E-state index contributed by atoms with van der Waals surface area (Å²) in [7, 11) is 0. The summed E-state index contributed by atoms with van der Waals surface area (Å²) in [6.07, 6.45) is 2.76. The normalized spacial score (nSPS) is 19.1. The number of hydrogen-bond donors (Lipinski definition) is 1.